The molecule has 162 valence electrons. The Bertz CT molecular complexity index is 899. The summed E-state index contributed by atoms with van der Waals surface area (Å²) in [6, 6.07) is 8.95. The van der Waals surface area contributed by atoms with Crippen LogP contribution in [0.3, 0.4) is 0 Å². The van der Waals surface area contributed by atoms with Gasteiger partial charge in [-0.2, -0.15) is 24.9 Å². The number of anilines is 2. The zero-order chi connectivity index (χ0) is 22.3. The number of benzene rings is 2. The van der Waals surface area contributed by atoms with Crippen molar-refractivity contribution in [1.82, 2.24) is 0 Å². The maximum atomic E-state index is 13.1. The molecule has 2 N–H and O–H groups in total. The number of carbonyl (C=O) groups is 2. The zero-order valence-corrected chi connectivity index (χ0v) is 18.1. The van der Waals surface area contributed by atoms with Crippen LogP contribution in [0.4, 0.5) is 24.5 Å². The number of para-hydroxylation sites is 1. The number of nitrogens with one attached hydrogen (secondary N) is 2. The van der Waals surface area contributed by atoms with Gasteiger partial charge in [-0.1, -0.05) is 29.8 Å². The zero-order valence-electron chi connectivity index (χ0n) is 16.5. The van der Waals surface area contributed by atoms with E-state index >= 15 is 0 Å². The molecular weight excluding hydrogens is 437 g/mol. The van der Waals surface area contributed by atoms with Gasteiger partial charge in [0.05, 0.1) is 17.0 Å². The van der Waals surface area contributed by atoms with Gasteiger partial charge >= 0.3 is 6.18 Å². The highest BCUT2D eigenvalue weighted by molar-refractivity contribution is 7.99. The van der Waals surface area contributed by atoms with Crippen LogP contribution in [0.1, 0.15) is 29.5 Å². The minimum atomic E-state index is -4.62. The lowest BCUT2D eigenvalue weighted by Gasteiger charge is -2.14. The minimum Gasteiger partial charge on any atom is -0.326 e. The summed E-state index contributed by atoms with van der Waals surface area (Å²) in [4.78, 5) is 24.1. The number of aryl methyl sites for hydroxylation is 2. The molecule has 2 aromatic rings. The van der Waals surface area contributed by atoms with Gasteiger partial charge in [0.25, 0.3) is 0 Å². The number of rotatable bonds is 8. The van der Waals surface area contributed by atoms with Crippen molar-refractivity contribution in [1.29, 1.82) is 0 Å². The molecule has 0 aliphatic rings. The molecule has 0 aliphatic heterocycles. The summed E-state index contributed by atoms with van der Waals surface area (Å²) in [5, 5.41) is 5.10. The van der Waals surface area contributed by atoms with Crippen LogP contribution >= 0.6 is 23.4 Å². The van der Waals surface area contributed by atoms with Crippen LogP contribution in [0, 0.1) is 13.8 Å². The Hall–Kier alpha value is -2.19. The van der Waals surface area contributed by atoms with Crippen molar-refractivity contribution in [2.24, 2.45) is 0 Å². The Labute approximate surface area is 182 Å². The molecule has 0 radical (unpaired) electrons. The van der Waals surface area contributed by atoms with E-state index in [0.717, 1.165) is 28.9 Å². The largest absolute Gasteiger partial charge is 0.418 e. The fraction of sp³-hybridized carbons (Fsp3) is 0.333. The highest BCUT2D eigenvalue weighted by Gasteiger charge is 2.34. The SMILES string of the molecule is Cc1cccc(C)c1NC(=O)CCCSCC(=O)Nc1ccc(Cl)cc1C(F)(F)F. The fourth-order valence-corrected chi connectivity index (χ4v) is 3.68. The van der Waals surface area contributed by atoms with Gasteiger partial charge in [0.2, 0.25) is 11.8 Å². The molecule has 2 aromatic carbocycles. The Morgan fingerprint density at radius 2 is 1.70 bits per heavy atom. The lowest BCUT2D eigenvalue weighted by molar-refractivity contribution is -0.137. The van der Waals surface area contributed by atoms with E-state index in [1.54, 1.807) is 0 Å². The summed E-state index contributed by atoms with van der Waals surface area (Å²) >= 11 is 6.87. The Balaban J connectivity index is 1.75. The van der Waals surface area contributed by atoms with Gasteiger partial charge in [-0.25, -0.2) is 0 Å². The molecule has 0 bridgehead atoms. The molecule has 0 saturated carbocycles. The van der Waals surface area contributed by atoms with Gasteiger partial charge in [0.1, 0.15) is 0 Å². The highest BCUT2D eigenvalue weighted by Crippen LogP contribution is 2.36. The number of alkyl halides is 3. The molecule has 0 aliphatic carbocycles. The Morgan fingerprint density at radius 3 is 2.33 bits per heavy atom. The number of thioether (sulfide) groups is 1. The molecule has 0 aromatic heterocycles. The Kier molecular flexibility index (Phi) is 8.61. The molecule has 0 unspecified atom stereocenters. The number of halogens is 4. The van der Waals surface area contributed by atoms with Crippen molar-refractivity contribution in [2.45, 2.75) is 32.9 Å². The van der Waals surface area contributed by atoms with Crippen molar-refractivity contribution in [3.63, 3.8) is 0 Å². The average molecular weight is 459 g/mol. The van der Waals surface area contributed by atoms with E-state index in [2.05, 4.69) is 10.6 Å². The van der Waals surface area contributed by atoms with Gasteiger partial charge in [-0.15, -0.1) is 0 Å². The first-order valence-corrected chi connectivity index (χ1v) is 10.7. The monoisotopic (exact) mass is 458 g/mol. The number of carbonyl (C=O) groups excluding carboxylic acids is 2. The van der Waals surface area contributed by atoms with Crippen molar-refractivity contribution in [3.8, 4) is 0 Å². The van der Waals surface area contributed by atoms with E-state index in [9.17, 15) is 22.8 Å². The van der Waals surface area contributed by atoms with Crippen molar-refractivity contribution >= 4 is 46.6 Å². The molecule has 9 heteroatoms. The third kappa shape index (κ3) is 7.25. The molecule has 30 heavy (non-hydrogen) atoms. The normalized spacial score (nSPS) is 11.3. The van der Waals surface area contributed by atoms with E-state index in [4.69, 9.17) is 11.6 Å². The fourth-order valence-electron chi connectivity index (χ4n) is 2.76. The minimum absolute atomic E-state index is 0.0154. The molecular formula is C21H22ClF3N2O2S. The van der Waals surface area contributed by atoms with Crippen molar-refractivity contribution in [3.05, 3.63) is 58.1 Å². The Morgan fingerprint density at radius 1 is 1.03 bits per heavy atom. The van der Waals surface area contributed by atoms with Gasteiger partial charge < -0.3 is 10.6 Å². The van der Waals surface area contributed by atoms with E-state index in [1.807, 2.05) is 32.0 Å². The van der Waals surface area contributed by atoms with Gasteiger partial charge in [0, 0.05) is 17.1 Å². The average Bonchev–Trinajstić information content (AvgIpc) is 2.65. The van der Waals surface area contributed by atoms with Crippen LogP contribution in [-0.4, -0.2) is 23.3 Å². The summed E-state index contributed by atoms with van der Waals surface area (Å²) in [6.07, 6.45) is -3.79. The highest BCUT2D eigenvalue weighted by atomic mass is 35.5. The molecule has 2 amide bonds. The number of amides is 2. The summed E-state index contributed by atoms with van der Waals surface area (Å²) < 4.78 is 39.2. The van der Waals surface area contributed by atoms with Crippen LogP contribution in [0.5, 0.6) is 0 Å². The second-order valence-electron chi connectivity index (χ2n) is 6.71. The number of hydrogen-bond donors (Lipinski definition) is 2. The maximum absolute atomic E-state index is 13.1. The predicted molar refractivity (Wildman–Crippen MR) is 116 cm³/mol. The molecule has 0 fully saturated rings. The molecule has 0 atom stereocenters. The third-order valence-electron chi connectivity index (χ3n) is 4.23. The summed E-state index contributed by atoms with van der Waals surface area (Å²) in [5.41, 5.74) is 1.45. The maximum Gasteiger partial charge on any atom is 0.418 e. The second kappa shape index (κ2) is 10.7. The standard InChI is InChI=1S/C21H22ClF3N2O2S/c1-13-5-3-6-14(2)20(13)27-18(28)7-4-10-30-12-19(29)26-17-9-8-15(22)11-16(17)21(23,24)25/h3,5-6,8-9,11H,4,7,10,12H2,1-2H3,(H,26,29)(H,27,28). The van der Waals surface area contributed by atoms with E-state index in [-0.39, 0.29) is 28.8 Å². The first kappa shape index (κ1) is 24.1. The van der Waals surface area contributed by atoms with Crippen molar-refractivity contribution < 1.29 is 22.8 Å². The smallest absolute Gasteiger partial charge is 0.326 e. The summed E-state index contributed by atoms with van der Waals surface area (Å²) in [6.45, 7) is 3.84. The quantitative estimate of drug-likeness (QED) is 0.472. The summed E-state index contributed by atoms with van der Waals surface area (Å²) in [7, 11) is 0. The van der Waals surface area contributed by atoms with Gasteiger partial charge in [-0.3, -0.25) is 9.59 Å². The molecule has 0 spiro atoms. The topological polar surface area (TPSA) is 58.2 Å². The van der Waals surface area contributed by atoms with E-state index < -0.39 is 17.6 Å². The molecule has 4 nitrogen and oxygen atoms in total. The van der Waals surface area contributed by atoms with Crippen LogP contribution in [0.25, 0.3) is 0 Å². The van der Waals surface area contributed by atoms with Crippen LogP contribution < -0.4 is 10.6 Å². The third-order valence-corrected chi connectivity index (χ3v) is 5.51. The van der Waals surface area contributed by atoms with Crippen LogP contribution in [-0.2, 0) is 15.8 Å². The molecule has 0 saturated heterocycles. The first-order valence-electron chi connectivity index (χ1n) is 9.18. The molecule has 0 heterocycles. The van der Waals surface area contributed by atoms with E-state index in [0.29, 0.717) is 12.2 Å². The number of hydrogen-bond acceptors (Lipinski definition) is 3. The molecule has 2 rings (SSSR count). The van der Waals surface area contributed by atoms with Crippen LogP contribution in [0.2, 0.25) is 5.02 Å². The first-order chi connectivity index (χ1) is 14.1. The summed E-state index contributed by atoms with van der Waals surface area (Å²) in [5.74, 6) is -0.153. The lowest BCUT2D eigenvalue weighted by atomic mass is 10.1. The van der Waals surface area contributed by atoms with Crippen molar-refractivity contribution in [2.75, 3.05) is 22.1 Å². The lowest BCUT2D eigenvalue weighted by Crippen LogP contribution is -2.18. The predicted octanol–water partition coefficient (Wildman–Crippen LogP) is 6.07. The van der Waals surface area contributed by atoms with Gasteiger partial charge in [0.15, 0.2) is 0 Å². The second-order valence-corrected chi connectivity index (χ2v) is 8.25. The van der Waals surface area contributed by atoms with E-state index in [1.165, 1.54) is 17.8 Å². The van der Waals surface area contributed by atoms with Crippen LogP contribution in [0.15, 0.2) is 36.4 Å². The van der Waals surface area contributed by atoms with Gasteiger partial charge in [-0.05, 0) is 55.3 Å².